The van der Waals surface area contributed by atoms with Crippen LogP contribution in [0.25, 0.3) is 11.4 Å². The molecule has 0 spiro atoms. The molecular formula is C17H17BrN4O2. The number of halogens is 1. The number of carbonyl (C=O) groups excluding carboxylic acids is 2. The van der Waals surface area contributed by atoms with E-state index in [1.165, 1.54) is 0 Å². The van der Waals surface area contributed by atoms with Crippen molar-refractivity contribution in [2.24, 2.45) is 0 Å². The number of pyridine rings is 2. The third-order valence-electron chi connectivity index (χ3n) is 3.97. The van der Waals surface area contributed by atoms with E-state index in [9.17, 15) is 9.59 Å². The number of amides is 2. The van der Waals surface area contributed by atoms with Gasteiger partial charge in [-0.05, 0) is 24.3 Å². The van der Waals surface area contributed by atoms with Gasteiger partial charge in [0.25, 0.3) is 5.91 Å². The van der Waals surface area contributed by atoms with E-state index in [-0.39, 0.29) is 11.8 Å². The van der Waals surface area contributed by atoms with Crippen molar-refractivity contribution in [1.29, 1.82) is 0 Å². The Morgan fingerprint density at radius 1 is 0.958 bits per heavy atom. The van der Waals surface area contributed by atoms with Crippen molar-refractivity contribution in [3.8, 4) is 11.4 Å². The Balaban J connectivity index is 1.65. The van der Waals surface area contributed by atoms with E-state index >= 15 is 0 Å². The molecule has 3 heterocycles. The molecule has 2 amide bonds. The maximum Gasteiger partial charge on any atom is 0.255 e. The summed E-state index contributed by atoms with van der Waals surface area (Å²) in [5, 5.41) is 0.319. The highest BCUT2D eigenvalue weighted by molar-refractivity contribution is 9.09. The first-order valence-corrected chi connectivity index (χ1v) is 8.81. The predicted octanol–water partition coefficient (Wildman–Crippen LogP) is 1.82. The molecule has 0 saturated carbocycles. The number of alkyl halides is 1. The zero-order chi connectivity index (χ0) is 16.9. The fourth-order valence-electron chi connectivity index (χ4n) is 2.61. The summed E-state index contributed by atoms with van der Waals surface area (Å²) < 4.78 is 0. The minimum Gasteiger partial charge on any atom is -0.338 e. The summed E-state index contributed by atoms with van der Waals surface area (Å²) in [7, 11) is 0. The van der Waals surface area contributed by atoms with E-state index in [2.05, 4.69) is 25.9 Å². The first-order valence-electron chi connectivity index (χ1n) is 7.69. The minimum atomic E-state index is -0.0546. The van der Waals surface area contributed by atoms with Gasteiger partial charge in [-0.3, -0.25) is 19.6 Å². The van der Waals surface area contributed by atoms with Gasteiger partial charge in [0.1, 0.15) is 0 Å². The molecule has 1 fully saturated rings. The number of aromatic nitrogens is 2. The number of carbonyl (C=O) groups is 2. The van der Waals surface area contributed by atoms with Gasteiger partial charge in [-0.15, -0.1) is 0 Å². The topological polar surface area (TPSA) is 66.4 Å². The SMILES string of the molecule is O=C(CBr)N1CCN(C(=O)c2ccc(-c3ccccn3)nc2)CC1. The lowest BCUT2D eigenvalue weighted by atomic mass is 10.2. The molecular weight excluding hydrogens is 372 g/mol. The zero-order valence-electron chi connectivity index (χ0n) is 13.1. The molecule has 1 aliphatic heterocycles. The van der Waals surface area contributed by atoms with E-state index in [0.717, 1.165) is 11.4 Å². The van der Waals surface area contributed by atoms with Crippen LogP contribution in [0.4, 0.5) is 0 Å². The van der Waals surface area contributed by atoms with E-state index < -0.39 is 0 Å². The molecule has 0 unspecified atom stereocenters. The van der Waals surface area contributed by atoms with Gasteiger partial charge in [-0.2, -0.15) is 0 Å². The molecule has 1 aliphatic rings. The van der Waals surface area contributed by atoms with Crippen molar-refractivity contribution in [2.45, 2.75) is 0 Å². The van der Waals surface area contributed by atoms with Crippen LogP contribution in [-0.4, -0.2) is 63.1 Å². The van der Waals surface area contributed by atoms with Crippen molar-refractivity contribution in [3.05, 3.63) is 48.3 Å². The summed E-state index contributed by atoms with van der Waals surface area (Å²) in [6, 6.07) is 9.21. The lowest BCUT2D eigenvalue weighted by Gasteiger charge is -2.34. The number of hydrogen-bond donors (Lipinski definition) is 0. The molecule has 1 saturated heterocycles. The van der Waals surface area contributed by atoms with Gasteiger partial charge in [0.2, 0.25) is 5.91 Å². The number of rotatable bonds is 3. The second kappa shape index (κ2) is 7.53. The minimum absolute atomic E-state index is 0.0546. The Morgan fingerprint density at radius 2 is 1.67 bits per heavy atom. The summed E-state index contributed by atoms with van der Waals surface area (Å²) in [6.07, 6.45) is 3.30. The molecule has 0 aliphatic carbocycles. The summed E-state index contributed by atoms with van der Waals surface area (Å²) in [4.78, 5) is 36.3. The fraction of sp³-hybridized carbons (Fsp3) is 0.294. The Kier molecular flexibility index (Phi) is 5.20. The van der Waals surface area contributed by atoms with Crippen LogP contribution in [0.2, 0.25) is 0 Å². The van der Waals surface area contributed by atoms with Crippen LogP contribution in [0.1, 0.15) is 10.4 Å². The Labute approximate surface area is 148 Å². The molecule has 6 nitrogen and oxygen atoms in total. The molecule has 0 radical (unpaired) electrons. The fourth-order valence-corrected chi connectivity index (χ4v) is 2.97. The smallest absolute Gasteiger partial charge is 0.255 e. The average Bonchev–Trinajstić information content (AvgIpc) is 2.68. The molecule has 0 aromatic carbocycles. The van der Waals surface area contributed by atoms with Gasteiger partial charge in [0.05, 0.1) is 22.3 Å². The first-order chi connectivity index (χ1) is 11.7. The lowest BCUT2D eigenvalue weighted by Crippen LogP contribution is -2.50. The Bertz CT molecular complexity index is 713. The highest BCUT2D eigenvalue weighted by Crippen LogP contribution is 2.15. The van der Waals surface area contributed by atoms with Gasteiger partial charge in [0.15, 0.2) is 0 Å². The molecule has 0 bridgehead atoms. The van der Waals surface area contributed by atoms with E-state index in [1.54, 1.807) is 34.3 Å². The Morgan fingerprint density at radius 3 is 2.25 bits per heavy atom. The first kappa shape index (κ1) is 16.6. The van der Waals surface area contributed by atoms with Crippen LogP contribution < -0.4 is 0 Å². The highest BCUT2D eigenvalue weighted by Gasteiger charge is 2.24. The second-order valence-corrected chi connectivity index (χ2v) is 6.01. The number of piperazine rings is 1. The Hall–Kier alpha value is -2.28. The summed E-state index contributed by atoms with van der Waals surface area (Å²) >= 11 is 3.17. The molecule has 2 aromatic heterocycles. The molecule has 7 heteroatoms. The van der Waals surface area contributed by atoms with Crippen molar-refractivity contribution in [3.63, 3.8) is 0 Å². The van der Waals surface area contributed by atoms with Crippen molar-refractivity contribution in [2.75, 3.05) is 31.5 Å². The maximum atomic E-state index is 12.6. The van der Waals surface area contributed by atoms with Crippen LogP contribution in [-0.2, 0) is 4.79 Å². The molecule has 124 valence electrons. The van der Waals surface area contributed by atoms with Gasteiger partial charge >= 0.3 is 0 Å². The molecule has 0 N–H and O–H groups in total. The van der Waals surface area contributed by atoms with Crippen molar-refractivity contribution in [1.82, 2.24) is 19.8 Å². The molecule has 3 rings (SSSR count). The second-order valence-electron chi connectivity index (χ2n) is 5.45. The van der Waals surface area contributed by atoms with Gasteiger partial charge < -0.3 is 9.80 Å². The third-order valence-corrected chi connectivity index (χ3v) is 4.45. The van der Waals surface area contributed by atoms with E-state index in [4.69, 9.17) is 0 Å². The van der Waals surface area contributed by atoms with Crippen LogP contribution in [0, 0.1) is 0 Å². The monoisotopic (exact) mass is 388 g/mol. The summed E-state index contributed by atoms with van der Waals surface area (Å²) in [6.45, 7) is 2.21. The standard InChI is InChI=1S/C17H17BrN4O2/c18-11-16(23)21-7-9-22(10-8-21)17(24)13-4-5-15(20-12-13)14-3-1-2-6-19-14/h1-6,12H,7-11H2. The third kappa shape index (κ3) is 3.62. The lowest BCUT2D eigenvalue weighted by molar-refractivity contribution is -0.129. The van der Waals surface area contributed by atoms with E-state index in [1.807, 2.05) is 18.2 Å². The van der Waals surface area contributed by atoms with Gasteiger partial charge in [-0.25, -0.2) is 0 Å². The van der Waals surface area contributed by atoms with Crippen LogP contribution in [0.3, 0.4) is 0 Å². The average molecular weight is 389 g/mol. The van der Waals surface area contributed by atoms with Crippen molar-refractivity contribution < 1.29 is 9.59 Å². The normalized spacial score (nSPS) is 14.5. The summed E-state index contributed by atoms with van der Waals surface area (Å²) in [5.41, 5.74) is 2.06. The maximum absolute atomic E-state index is 12.6. The van der Waals surface area contributed by atoms with Gasteiger partial charge in [-0.1, -0.05) is 22.0 Å². The zero-order valence-corrected chi connectivity index (χ0v) is 14.6. The highest BCUT2D eigenvalue weighted by atomic mass is 79.9. The van der Waals surface area contributed by atoms with Crippen LogP contribution in [0.15, 0.2) is 42.7 Å². The van der Waals surface area contributed by atoms with E-state index in [0.29, 0.717) is 37.1 Å². The number of hydrogen-bond acceptors (Lipinski definition) is 4. The van der Waals surface area contributed by atoms with Crippen LogP contribution in [0.5, 0.6) is 0 Å². The predicted molar refractivity (Wildman–Crippen MR) is 93.7 cm³/mol. The number of nitrogens with zero attached hydrogens (tertiary/aromatic N) is 4. The largest absolute Gasteiger partial charge is 0.338 e. The van der Waals surface area contributed by atoms with Crippen molar-refractivity contribution >= 4 is 27.7 Å². The summed E-state index contributed by atoms with van der Waals surface area (Å²) in [5.74, 6) is 0.00416. The molecule has 2 aromatic rings. The molecule has 24 heavy (non-hydrogen) atoms. The van der Waals surface area contributed by atoms with Gasteiger partial charge in [0, 0.05) is 38.6 Å². The quantitative estimate of drug-likeness (QED) is 0.752. The van der Waals surface area contributed by atoms with Crippen LogP contribution >= 0.6 is 15.9 Å². The molecule has 0 atom stereocenters.